The Morgan fingerprint density at radius 2 is 1.61 bits per heavy atom. The molecule has 1 aromatic carbocycles. The molecule has 36 heavy (non-hydrogen) atoms. The van der Waals surface area contributed by atoms with E-state index in [9.17, 15) is 22.0 Å². The lowest BCUT2D eigenvalue weighted by Crippen LogP contribution is -2.29. The van der Waals surface area contributed by atoms with E-state index < -0.39 is 30.8 Å². The van der Waals surface area contributed by atoms with Crippen molar-refractivity contribution in [2.45, 2.75) is 4.90 Å². The smallest absolute Gasteiger partial charge is 0.394 e. The molecule has 0 spiro atoms. The molecule has 0 aliphatic heterocycles. The minimum absolute atomic E-state index is 0.0271. The molecule has 0 aliphatic rings. The molecule has 1 heterocycles. The number of hydroxylamine groups is 1. The highest BCUT2D eigenvalue weighted by Gasteiger charge is 2.14. The van der Waals surface area contributed by atoms with Gasteiger partial charge in [-0.15, -0.1) is 25.8 Å². The molecule has 17 nitrogen and oxygen atoms in total. The first kappa shape index (κ1) is 32.7. The summed E-state index contributed by atoms with van der Waals surface area (Å²) in [4.78, 5) is 11.6. The van der Waals surface area contributed by atoms with E-state index in [4.69, 9.17) is 22.3 Å². The van der Waals surface area contributed by atoms with Crippen LogP contribution in [0.5, 0.6) is 0 Å². The molecule has 0 atom stereocenters. The number of benzene rings is 1. The van der Waals surface area contributed by atoms with Crippen molar-refractivity contribution in [1.82, 2.24) is 19.7 Å². The fourth-order valence-electron chi connectivity index (χ4n) is 2.08. The Balaban J connectivity index is 0.00000185. The number of rotatable bonds is 11. The number of nitrogens with zero attached hydrogens (tertiary/aromatic N) is 4. The first-order valence-electron chi connectivity index (χ1n) is 9.34. The minimum Gasteiger partial charge on any atom is -0.394 e. The molecule has 202 valence electrons. The van der Waals surface area contributed by atoms with E-state index in [1.165, 1.54) is 18.2 Å². The van der Waals surface area contributed by atoms with E-state index in [2.05, 4.69) is 43.5 Å². The van der Waals surface area contributed by atoms with Gasteiger partial charge >= 0.3 is 10.6 Å². The summed E-state index contributed by atoms with van der Waals surface area (Å²) in [5, 5.41) is 24.9. The van der Waals surface area contributed by atoms with Crippen LogP contribution in [0.15, 0.2) is 42.3 Å². The molecule has 0 saturated heterocycles. The number of sulfonamides is 1. The molecule has 0 radical (unpaired) electrons. The Hall–Kier alpha value is -3.27. The molecular weight excluding hydrogens is 546 g/mol. The SMILES string of the molecule is C=C.CS(=O)(=O)NCCNc1nc(Nc2cccc(S(=O)(=O)O)c2)nc(N(O)CCO)n1.O=S(=O)=O. The van der Waals surface area contributed by atoms with Crippen molar-refractivity contribution in [3.63, 3.8) is 0 Å². The summed E-state index contributed by atoms with van der Waals surface area (Å²) in [7, 11) is -10.9. The maximum atomic E-state index is 11.3. The quantitative estimate of drug-likeness (QED) is 0.0801. The monoisotopic (exact) mass is 571 g/mol. The van der Waals surface area contributed by atoms with Crippen molar-refractivity contribution in [3.8, 4) is 0 Å². The van der Waals surface area contributed by atoms with Crippen molar-refractivity contribution < 1.29 is 44.3 Å². The van der Waals surface area contributed by atoms with Gasteiger partial charge in [0.25, 0.3) is 16.1 Å². The van der Waals surface area contributed by atoms with Crippen LogP contribution in [-0.4, -0.2) is 91.8 Å². The third kappa shape index (κ3) is 14.2. The average molecular weight is 572 g/mol. The first-order valence-corrected chi connectivity index (χ1v) is 13.7. The fraction of sp³-hybridized carbons (Fsp3) is 0.312. The lowest BCUT2D eigenvalue weighted by molar-refractivity contribution is 0.205. The number of aliphatic hydroxyl groups is 1. The molecule has 2 aromatic rings. The summed E-state index contributed by atoms with van der Waals surface area (Å²) in [6.07, 6.45) is 1.01. The Morgan fingerprint density at radius 1 is 1.03 bits per heavy atom. The van der Waals surface area contributed by atoms with Gasteiger partial charge in [-0.25, -0.2) is 18.2 Å². The number of hydrogen-bond donors (Lipinski definition) is 6. The van der Waals surface area contributed by atoms with Gasteiger partial charge < -0.3 is 15.7 Å². The van der Waals surface area contributed by atoms with Crippen LogP contribution in [0.4, 0.5) is 23.5 Å². The predicted octanol–water partition coefficient (Wildman–Crippen LogP) is -1.19. The zero-order chi connectivity index (χ0) is 27.9. The Morgan fingerprint density at radius 3 is 2.14 bits per heavy atom. The van der Waals surface area contributed by atoms with E-state index in [1.807, 2.05) is 0 Å². The Labute approximate surface area is 208 Å². The van der Waals surface area contributed by atoms with E-state index in [-0.39, 0.29) is 54.7 Å². The lowest BCUT2D eigenvalue weighted by atomic mass is 10.3. The standard InChI is InChI=1S/C14H21N7O7S2.C2H4.O3S/c1-29(24,25)16-6-5-15-12-18-13(20-14(19-12)21(23)7-8-22)17-10-3-2-4-11(9-10)30(26,27)28;1-2;1-4(2)3/h2-4,9,16,22-23H,5-8H2,1H3,(H,26,27,28)(H2,15,17,18,19,20);1-2H2;. The first-order chi connectivity index (χ1) is 16.7. The molecule has 0 unspecified atom stereocenters. The Kier molecular flexibility index (Phi) is 14.2. The number of nitrogens with one attached hydrogen (secondary N) is 3. The maximum absolute atomic E-state index is 11.3. The van der Waals surface area contributed by atoms with Crippen molar-refractivity contribution in [2.75, 3.05) is 48.2 Å². The van der Waals surface area contributed by atoms with Gasteiger partial charge in [-0.3, -0.25) is 9.76 Å². The van der Waals surface area contributed by atoms with Gasteiger partial charge in [0.05, 0.1) is 24.3 Å². The largest absolute Gasteiger partial charge is 0.425 e. The van der Waals surface area contributed by atoms with Crippen LogP contribution in [0.25, 0.3) is 0 Å². The van der Waals surface area contributed by atoms with Gasteiger partial charge in [0, 0.05) is 18.8 Å². The van der Waals surface area contributed by atoms with Crippen molar-refractivity contribution >= 4 is 54.3 Å². The van der Waals surface area contributed by atoms with E-state index in [1.54, 1.807) is 0 Å². The van der Waals surface area contributed by atoms with Crippen LogP contribution in [-0.2, 0) is 30.8 Å². The molecule has 0 saturated carbocycles. The van der Waals surface area contributed by atoms with Crippen molar-refractivity contribution in [1.29, 1.82) is 0 Å². The van der Waals surface area contributed by atoms with Crippen molar-refractivity contribution in [3.05, 3.63) is 37.4 Å². The van der Waals surface area contributed by atoms with Crippen LogP contribution < -0.4 is 20.4 Å². The highest BCUT2D eigenvalue weighted by Crippen LogP contribution is 2.20. The Bertz CT molecular complexity index is 1300. The van der Waals surface area contributed by atoms with Crippen LogP contribution in [0.1, 0.15) is 0 Å². The predicted molar refractivity (Wildman–Crippen MR) is 128 cm³/mol. The number of hydrogen-bond acceptors (Lipinski definition) is 15. The van der Waals surface area contributed by atoms with Crippen molar-refractivity contribution in [2.24, 2.45) is 0 Å². The molecule has 0 amide bonds. The van der Waals surface area contributed by atoms with Crippen LogP contribution in [0.2, 0.25) is 0 Å². The number of aliphatic hydroxyl groups excluding tert-OH is 1. The molecule has 1 aromatic heterocycles. The normalized spacial score (nSPS) is 10.7. The zero-order valence-electron chi connectivity index (χ0n) is 18.8. The topological polar surface area (TPSA) is 258 Å². The summed E-state index contributed by atoms with van der Waals surface area (Å²) >= 11 is 0. The summed E-state index contributed by atoms with van der Waals surface area (Å²) < 4.78 is 81.5. The molecule has 6 N–H and O–H groups in total. The average Bonchev–Trinajstić information content (AvgIpc) is 2.77. The number of aromatic nitrogens is 3. The highest BCUT2D eigenvalue weighted by molar-refractivity contribution is 7.88. The number of anilines is 4. The molecular formula is C16H25N7O10S3. The molecule has 20 heteroatoms. The second-order valence-corrected chi connectivity index (χ2v) is 9.72. The minimum atomic E-state index is -4.42. The highest BCUT2D eigenvalue weighted by atomic mass is 32.2. The van der Waals surface area contributed by atoms with E-state index >= 15 is 0 Å². The summed E-state index contributed by atoms with van der Waals surface area (Å²) in [6, 6.07) is 5.21. The fourth-order valence-corrected chi connectivity index (χ4v) is 3.08. The summed E-state index contributed by atoms with van der Waals surface area (Å²) in [6.45, 7) is 5.57. The second kappa shape index (κ2) is 15.7. The third-order valence-corrected chi connectivity index (χ3v) is 4.90. The van der Waals surface area contributed by atoms with Gasteiger partial charge in [-0.05, 0) is 18.2 Å². The summed E-state index contributed by atoms with van der Waals surface area (Å²) in [5.74, 6) is -0.352. The van der Waals surface area contributed by atoms with Crippen LogP contribution >= 0.6 is 0 Å². The van der Waals surface area contributed by atoms with Crippen LogP contribution in [0, 0.1) is 0 Å². The maximum Gasteiger partial charge on any atom is 0.425 e. The van der Waals surface area contributed by atoms with Gasteiger partial charge in [-0.1, -0.05) is 6.07 Å². The van der Waals surface area contributed by atoms with Gasteiger partial charge in [-0.2, -0.15) is 23.4 Å². The van der Waals surface area contributed by atoms with Gasteiger partial charge in [0.2, 0.25) is 21.9 Å². The van der Waals surface area contributed by atoms with Crippen LogP contribution in [0.3, 0.4) is 0 Å². The van der Waals surface area contributed by atoms with E-state index in [0.717, 1.165) is 12.3 Å². The van der Waals surface area contributed by atoms with Gasteiger partial charge in [0.1, 0.15) is 0 Å². The third-order valence-electron chi connectivity index (χ3n) is 3.33. The molecule has 0 bridgehead atoms. The molecule has 0 fully saturated rings. The molecule has 0 aliphatic carbocycles. The molecule has 2 rings (SSSR count). The van der Waals surface area contributed by atoms with Gasteiger partial charge in [0.15, 0.2) is 0 Å². The zero-order valence-corrected chi connectivity index (χ0v) is 21.2. The lowest BCUT2D eigenvalue weighted by Gasteiger charge is -2.16. The van der Waals surface area contributed by atoms with E-state index in [0.29, 0.717) is 5.06 Å². The summed E-state index contributed by atoms with van der Waals surface area (Å²) in [5.41, 5.74) is 0.221. The second-order valence-electron chi connectivity index (χ2n) is 6.05.